The molecule has 1 aliphatic rings. The molecule has 3 atom stereocenters. The third-order valence-corrected chi connectivity index (χ3v) is 1.60. The Morgan fingerprint density at radius 2 is 2.10 bits per heavy atom. The van der Waals surface area contributed by atoms with E-state index >= 15 is 0 Å². The fourth-order valence-corrected chi connectivity index (χ4v) is 0.811. The first-order valence-corrected chi connectivity index (χ1v) is 2.91. The third kappa shape index (κ3) is 1.02. The first-order chi connectivity index (χ1) is 4.60. The number of rotatable bonds is 1. The van der Waals surface area contributed by atoms with E-state index in [4.69, 9.17) is 20.4 Å². The van der Waals surface area contributed by atoms with Crippen LogP contribution in [0.2, 0.25) is 0 Å². The van der Waals surface area contributed by atoms with Crippen molar-refractivity contribution in [2.75, 3.05) is 13.2 Å². The van der Waals surface area contributed by atoms with Gasteiger partial charge in [0.2, 0.25) is 0 Å². The molecule has 1 aliphatic heterocycles. The minimum atomic E-state index is -1.70. The largest absolute Gasteiger partial charge is 0.393 e. The van der Waals surface area contributed by atoms with Gasteiger partial charge in [-0.25, -0.2) is 0 Å². The van der Waals surface area contributed by atoms with Gasteiger partial charge in [-0.05, 0) is 0 Å². The summed E-state index contributed by atoms with van der Waals surface area (Å²) in [7, 11) is 0. The van der Waals surface area contributed by atoms with Crippen molar-refractivity contribution in [3.8, 4) is 0 Å². The molecule has 1 saturated heterocycles. The molecule has 4 N–H and O–H groups in total. The van der Waals surface area contributed by atoms with Crippen LogP contribution < -0.4 is 0 Å². The lowest BCUT2D eigenvalue weighted by Crippen LogP contribution is -2.46. The number of aliphatic hydroxyl groups excluding tert-OH is 3. The van der Waals surface area contributed by atoms with Gasteiger partial charge in [0.25, 0.3) is 0 Å². The van der Waals surface area contributed by atoms with Gasteiger partial charge in [0.05, 0.1) is 13.2 Å². The molecule has 5 nitrogen and oxygen atoms in total. The Morgan fingerprint density at radius 3 is 2.30 bits per heavy atom. The van der Waals surface area contributed by atoms with E-state index in [-0.39, 0.29) is 6.61 Å². The summed E-state index contributed by atoms with van der Waals surface area (Å²) in [5.74, 6) is 0. The summed E-state index contributed by atoms with van der Waals surface area (Å²) in [5, 5.41) is 35.3. The number of hydrogen-bond acceptors (Lipinski definition) is 5. The van der Waals surface area contributed by atoms with Gasteiger partial charge in [0.1, 0.15) is 11.7 Å². The Bertz CT molecular complexity index is 127. The highest BCUT2D eigenvalue weighted by molar-refractivity contribution is 4.92. The molecule has 0 aromatic carbocycles. The van der Waals surface area contributed by atoms with E-state index < -0.39 is 24.6 Å². The fraction of sp³-hybridized carbons (Fsp3) is 1.00. The van der Waals surface area contributed by atoms with Crippen LogP contribution >= 0.6 is 0 Å². The summed E-state index contributed by atoms with van der Waals surface area (Å²) >= 11 is 0. The monoisotopic (exact) mass is 150 g/mol. The summed E-state index contributed by atoms with van der Waals surface area (Å²) in [6.45, 7) is -0.864. The third-order valence-electron chi connectivity index (χ3n) is 1.60. The van der Waals surface area contributed by atoms with Gasteiger partial charge in [-0.2, -0.15) is 0 Å². The van der Waals surface area contributed by atoms with E-state index in [0.717, 1.165) is 0 Å². The highest BCUT2D eigenvalue weighted by atomic mass is 16.6. The summed E-state index contributed by atoms with van der Waals surface area (Å²) in [4.78, 5) is 0. The van der Waals surface area contributed by atoms with Crippen LogP contribution in [0.1, 0.15) is 0 Å². The molecule has 1 rings (SSSR count). The zero-order chi connectivity index (χ0) is 7.78. The smallest absolute Gasteiger partial charge is 0.184 e. The molecule has 0 bridgehead atoms. The molecule has 0 spiro atoms. The van der Waals surface area contributed by atoms with Crippen LogP contribution in [-0.2, 0) is 4.74 Å². The molecular weight excluding hydrogens is 140 g/mol. The molecule has 0 radical (unpaired) electrons. The SMILES string of the molecule is OC[C@]1(O)COC(O)[C@@H]1O. The standard InChI is InChI=1S/C5H10O5/c6-1-5(9)2-10-4(8)3(5)7/h3-4,6-9H,1-2H2/t3-,4?,5-/m0/s1. The summed E-state index contributed by atoms with van der Waals surface area (Å²) in [5.41, 5.74) is -1.70. The highest BCUT2D eigenvalue weighted by Crippen LogP contribution is 2.22. The molecule has 0 aliphatic carbocycles. The average molecular weight is 150 g/mol. The maximum atomic E-state index is 9.15. The normalized spacial score (nSPS) is 48.0. The van der Waals surface area contributed by atoms with Gasteiger partial charge in [-0.1, -0.05) is 0 Å². The average Bonchev–Trinajstić information content (AvgIpc) is 2.19. The number of hydrogen-bond donors (Lipinski definition) is 4. The molecule has 1 unspecified atom stereocenters. The van der Waals surface area contributed by atoms with Gasteiger partial charge in [0.15, 0.2) is 6.29 Å². The Balaban J connectivity index is 2.64. The Labute approximate surface area is 57.5 Å². The predicted octanol–water partition coefficient (Wildman–Crippen LogP) is -2.58. The molecule has 0 amide bonds. The van der Waals surface area contributed by atoms with Gasteiger partial charge in [0, 0.05) is 0 Å². The van der Waals surface area contributed by atoms with Gasteiger partial charge in [-0.3, -0.25) is 0 Å². The second-order valence-electron chi connectivity index (χ2n) is 2.41. The van der Waals surface area contributed by atoms with Gasteiger partial charge in [-0.15, -0.1) is 0 Å². The van der Waals surface area contributed by atoms with Crippen LogP contribution in [0.15, 0.2) is 0 Å². The van der Waals surface area contributed by atoms with Crippen LogP contribution in [0, 0.1) is 0 Å². The van der Waals surface area contributed by atoms with Gasteiger partial charge < -0.3 is 25.2 Å². The summed E-state index contributed by atoms with van der Waals surface area (Å²) in [6.07, 6.45) is -2.81. The summed E-state index contributed by atoms with van der Waals surface area (Å²) in [6, 6.07) is 0. The molecule has 0 saturated carbocycles. The molecule has 5 heteroatoms. The lowest BCUT2D eigenvalue weighted by molar-refractivity contribution is -0.128. The van der Waals surface area contributed by atoms with E-state index in [1.165, 1.54) is 0 Å². The first kappa shape index (κ1) is 7.90. The molecule has 0 aromatic rings. The van der Waals surface area contributed by atoms with E-state index in [2.05, 4.69) is 4.74 Å². The lowest BCUT2D eigenvalue weighted by Gasteiger charge is -2.21. The molecular formula is C5H10O5. The number of aliphatic hydroxyl groups is 4. The Kier molecular flexibility index (Phi) is 1.93. The van der Waals surface area contributed by atoms with Crippen LogP contribution in [0.4, 0.5) is 0 Å². The predicted molar refractivity (Wildman–Crippen MR) is 30.0 cm³/mol. The number of ether oxygens (including phenoxy) is 1. The maximum absolute atomic E-state index is 9.15. The molecule has 1 heterocycles. The quantitative estimate of drug-likeness (QED) is 0.329. The molecule has 1 fully saturated rings. The van der Waals surface area contributed by atoms with Crippen molar-refractivity contribution in [2.45, 2.75) is 18.0 Å². The molecule has 0 aromatic heterocycles. The minimum Gasteiger partial charge on any atom is -0.393 e. The second kappa shape index (κ2) is 2.44. The van der Waals surface area contributed by atoms with Gasteiger partial charge >= 0.3 is 0 Å². The Hall–Kier alpha value is -0.200. The van der Waals surface area contributed by atoms with E-state index in [9.17, 15) is 0 Å². The zero-order valence-electron chi connectivity index (χ0n) is 5.27. The van der Waals surface area contributed by atoms with Crippen molar-refractivity contribution >= 4 is 0 Å². The van der Waals surface area contributed by atoms with Crippen molar-refractivity contribution in [3.63, 3.8) is 0 Å². The van der Waals surface area contributed by atoms with Crippen LogP contribution in [0.25, 0.3) is 0 Å². The van der Waals surface area contributed by atoms with Crippen molar-refractivity contribution in [2.24, 2.45) is 0 Å². The molecule has 10 heavy (non-hydrogen) atoms. The van der Waals surface area contributed by atoms with Crippen LogP contribution in [0.5, 0.6) is 0 Å². The van der Waals surface area contributed by atoms with Crippen LogP contribution in [-0.4, -0.2) is 51.6 Å². The van der Waals surface area contributed by atoms with E-state index in [1.807, 2.05) is 0 Å². The zero-order valence-corrected chi connectivity index (χ0v) is 5.27. The van der Waals surface area contributed by atoms with Crippen molar-refractivity contribution < 1.29 is 25.2 Å². The maximum Gasteiger partial charge on any atom is 0.184 e. The van der Waals surface area contributed by atoms with E-state index in [1.54, 1.807) is 0 Å². The highest BCUT2D eigenvalue weighted by Gasteiger charge is 2.46. The van der Waals surface area contributed by atoms with Crippen molar-refractivity contribution in [1.29, 1.82) is 0 Å². The topological polar surface area (TPSA) is 90.2 Å². The first-order valence-electron chi connectivity index (χ1n) is 2.91. The van der Waals surface area contributed by atoms with E-state index in [0.29, 0.717) is 0 Å². The Morgan fingerprint density at radius 1 is 1.50 bits per heavy atom. The van der Waals surface area contributed by atoms with Crippen molar-refractivity contribution in [1.82, 2.24) is 0 Å². The fourth-order valence-electron chi connectivity index (χ4n) is 0.811. The van der Waals surface area contributed by atoms with Crippen molar-refractivity contribution in [3.05, 3.63) is 0 Å². The lowest BCUT2D eigenvalue weighted by atomic mass is 10.0. The minimum absolute atomic E-state index is 0.244. The van der Waals surface area contributed by atoms with Crippen LogP contribution in [0.3, 0.4) is 0 Å². The summed E-state index contributed by atoms with van der Waals surface area (Å²) < 4.78 is 4.47. The molecule has 60 valence electrons. The second-order valence-corrected chi connectivity index (χ2v) is 2.41.